The van der Waals surface area contributed by atoms with Gasteiger partial charge in [0.25, 0.3) is 0 Å². The summed E-state index contributed by atoms with van der Waals surface area (Å²) >= 11 is 9.45. The Bertz CT molecular complexity index is 546. The van der Waals surface area contributed by atoms with Gasteiger partial charge in [0.1, 0.15) is 6.61 Å². The summed E-state index contributed by atoms with van der Waals surface area (Å²) in [5.41, 5.74) is 1.88. The third-order valence-corrected chi connectivity index (χ3v) is 3.41. The summed E-state index contributed by atoms with van der Waals surface area (Å²) in [6.07, 6.45) is 0. The Morgan fingerprint density at radius 1 is 1.21 bits per heavy atom. The van der Waals surface area contributed by atoms with E-state index in [1.807, 2.05) is 31.3 Å². The number of rotatable bonds is 5. The summed E-state index contributed by atoms with van der Waals surface area (Å²) in [6, 6.07) is 11.6. The molecule has 0 bridgehead atoms. The minimum absolute atomic E-state index is 0.487. The topological polar surface area (TPSA) is 34.2 Å². The monoisotopic (exact) mass is 340 g/mol. The van der Waals surface area contributed by atoms with E-state index in [0.29, 0.717) is 24.1 Å². The van der Waals surface area contributed by atoms with Crippen LogP contribution in [0.25, 0.3) is 0 Å². The van der Waals surface area contributed by atoms with Crippen LogP contribution in [0.4, 0.5) is 0 Å². The molecule has 100 valence electrons. The van der Waals surface area contributed by atoms with E-state index in [-0.39, 0.29) is 0 Å². The lowest BCUT2D eigenvalue weighted by molar-refractivity contribution is 0.293. The van der Waals surface area contributed by atoms with E-state index in [1.54, 1.807) is 12.1 Å². The summed E-state index contributed by atoms with van der Waals surface area (Å²) in [5.74, 6) is 0.581. The summed E-state index contributed by atoms with van der Waals surface area (Å²) in [4.78, 5) is 4.37. The van der Waals surface area contributed by atoms with Crippen molar-refractivity contribution in [1.82, 2.24) is 10.3 Å². The van der Waals surface area contributed by atoms with Crippen molar-refractivity contribution < 1.29 is 4.74 Å². The van der Waals surface area contributed by atoms with Crippen molar-refractivity contribution in [3.8, 4) is 5.88 Å². The molecular weight excluding hydrogens is 328 g/mol. The second-order valence-corrected chi connectivity index (χ2v) is 5.35. The van der Waals surface area contributed by atoms with Gasteiger partial charge < -0.3 is 10.1 Å². The van der Waals surface area contributed by atoms with Crippen molar-refractivity contribution in [3.63, 3.8) is 0 Å². The van der Waals surface area contributed by atoms with Crippen molar-refractivity contribution in [2.45, 2.75) is 13.2 Å². The van der Waals surface area contributed by atoms with Gasteiger partial charge in [0.2, 0.25) is 5.88 Å². The predicted molar refractivity (Wildman–Crippen MR) is 80.5 cm³/mol. The molecule has 3 nitrogen and oxygen atoms in total. The molecule has 0 radical (unpaired) electrons. The van der Waals surface area contributed by atoms with Crippen molar-refractivity contribution >= 4 is 27.5 Å². The summed E-state index contributed by atoms with van der Waals surface area (Å²) in [7, 11) is 1.85. The first-order chi connectivity index (χ1) is 9.19. The van der Waals surface area contributed by atoms with E-state index >= 15 is 0 Å². The molecule has 19 heavy (non-hydrogen) atoms. The number of nitrogens with one attached hydrogen (secondary N) is 1. The van der Waals surface area contributed by atoms with Gasteiger partial charge in [-0.05, 0) is 30.8 Å². The lowest BCUT2D eigenvalue weighted by Crippen LogP contribution is -2.08. The third kappa shape index (κ3) is 4.20. The minimum Gasteiger partial charge on any atom is -0.473 e. The number of pyridine rings is 1. The molecule has 0 fully saturated rings. The Labute approximate surface area is 126 Å². The van der Waals surface area contributed by atoms with Gasteiger partial charge in [0.15, 0.2) is 0 Å². The molecule has 0 unspecified atom stereocenters. The van der Waals surface area contributed by atoms with Crippen molar-refractivity contribution in [2.75, 3.05) is 7.05 Å². The van der Waals surface area contributed by atoms with Crippen LogP contribution < -0.4 is 10.1 Å². The molecule has 0 atom stereocenters. The zero-order valence-electron chi connectivity index (χ0n) is 10.5. The predicted octanol–water partition coefficient (Wildman–Crippen LogP) is 3.80. The number of benzene rings is 1. The van der Waals surface area contributed by atoms with Gasteiger partial charge in [-0.25, -0.2) is 4.98 Å². The summed E-state index contributed by atoms with van der Waals surface area (Å²) in [6.45, 7) is 1.11. The largest absolute Gasteiger partial charge is 0.473 e. The van der Waals surface area contributed by atoms with Gasteiger partial charge in [-0.15, -0.1) is 0 Å². The normalized spacial score (nSPS) is 10.5. The van der Waals surface area contributed by atoms with Crippen LogP contribution in [0, 0.1) is 0 Å². The standard InChI is InChI=1S/C14H14BrClN2O/c1-17-8-13-12(16)6-7-14(18-13)19-9-10-2-4-11(15)5-3-10/h2-7,17H,8-9H2,1H3. The van der Waals surface area contributed by atoms with Crippen molar-refractivity contribution in [2.24, 2.45) is 0 Å². The molecule has 0 aliphatic heterocycles. The molecule has 0 saturated carbocycles. The number of hydrogen-bond donors (Lipinski definition) is 1. The Kier molecular flexibility index (Phi) is 5.19. The van der Waals surface area contributed by atoms with Crippen LogP contribution >= 0.6 is 27.5 Å². The molecule has 1 aromatic heterocycles. The number of ether oxygens (including phenoxy) is 1. The quantitative estimate of drug-likeness (QED) is 0.898. The highest BCUT2D eigenvalue weighted by Crippen LogP contribution is 2.19. The molecule has 1 heterocycles. The van der Waals surface area contributed by atoms with Crippen molar-refractivity contribution in [1.29, 1.82) is 0 Å². The fraction of sp³-hybridized carbons (Fsp3) is 0.214. The lowest BCUT2D eigenvalue weighted by atomic mass is 10.2. The number of halogens is 2. The van der Waals surface area contributed by atoms with E-state index in [4.69, 9.17) is 16.3 Å². The van der Waals surface area contributed by atoms with Crippen LogP contribution in [0.2, 0.25) is 5.02 Å². The van der Waals surface area contributed by atoms with Crippen LogP contribution in [0.5, 0.6) is 5.88 Å². The van der Waals surface area contributed by atoms with Crippen LogP contribution in [-0.2, 0) is 13.2 Å². The molecule has 5 heteroatoms. The van der Waals surface area contributed by atoms with Gasteiger partial charge in [-0.2, -0.15) is 0 Å². The number of nitrogens with zero attached hydrogens (tertiary/aromatic N) is 1. The first kappa shape index (κ1) is 14.3. The van der Waals surface area contributed by atoms with Gasteiger partial charge >= 0.3 is 0 Å². The molecule has 0 aliphatic carbocycles. The maximum Gasteiger partial charge on any atom is 0.213 e. The average molecular weight is 342 g/mol. The average Bonchev–Trinajstić information content (AvgIpc) is 2.42. The highest BCUT2D eigenvalue weighted by molar-refractivity contribution is 9.10. The minimum atomic E-state index is 0.487. The molecule has 1 aromatic carbocycles. The SMILES string of the molecule is CNCc1nc(OCc2ccc(Br)cc2)ccc1Cl. The zero-order valence-corrected chi connectivity index (χ0v) is 12.8. The first-order valence-electron chi connectivity index (χ1n) is 5.86. The van der Waals surface area contributed by atoms with E-state index < -0.39 is 0 Å². The maximum atomic E-state index is 6.05. The molecule has 0 spiro atoms. The number of hydrogen-bond acceptors (Lipinski definition) is 3. The van der Waals surface area contributed by atoms with Gasteiger partial charge in [0, 0.05) is 17.1 Å². The number of aromatic nitrogens is 1. The second kappa shape index (κ2) is 6.89. The highest BCUT2D eigenvalue weighted by Gasteiger charge is 2.04. The van der Waals surface area contributed by atoms with Gasteiger partial charge in [0.05, 0.1) is 10.7 Å². The highest BCUT2D eigenvalue weighted by atomic mass is 79.9. The molecule has 0 amide bonds. The van der Waals surface area contributed by atoms with E-state index in [1.165, 1.54) is 0 Å². The molecular formula is C14H14BrClN2O. The van der Waals surface area contributed by atoms with Crippen LogP contribution in [0.3, 0.4) is 0 Å². The summed E-state index contributed by atoms with van der Waals surface area (Å²) < 4.78 is 6.71. The Balaban J connectivity index is 2.03. The lowest BCUT2D eigenvalue weighted by Gasteiger charge is -2.08. The molecule has 0 aliphatic rings. The molecule has 2 rings (SSSR count). The Hall–Kier alpha value is -1.10. The van der Waals surface area contributed by atoms with Crippen molar-refractivity contribution in [3.05, 3.63) is 57.2 Å². The van der Waals surface area contributed by atoms with Crippen LogP contribution in [0.1, 0.15) is 11.3 Å². The van der Waals surface area contributed by atoms with Crippen LogP contribution in [0.15, 0.2) is 40.9 Å². The maximum absolute atomic E-state index is 6.05. The molecule has 1 N–H and O–H groups in total. The smallest absolute Gasteiger partial charge is 0.213 e. The van der Waals surface area contributed by atoms with E-state index in [2.05, 4.69) is 26.2 Å². The fourth-order valence-corrected chi connectivity index (χ4v) is 2.01. The Morgan fingerprint density at radius 2 is 1.95 bits per heavy atom. The molecule has 0 saturated heterocycles. The van der Waals surface area contributed by atoms with Gasteiger partial charge in [-0.3, -0.25) is 0 Å². The third-order valence-electron chi connectivity index (χ3n) is 2.54. The fourth-order valence-electron chi connectivity index (χ4n) is 1.57. The van der Waals surface area contributed by atoms with E-state index in [0.717, 1.165) is 15.7 Å². The first-order valence-corrected chi connectivity index (χ1v) is 7.03. The van der Waals surface area contributed by atoms with E-state index in [9.17, 15) is 0 Å². The zero-order chi connectivity index (χ0) is 13.7. The summed E-state index contributed by atoms with van der Waals surface area (Å²) in [5, 5.41) is 3.67. The van der Waals surface area contributed by atoms with Crippen LogP contribution in [-0.4, -0.2) is 12.0 Å². The molecule has 2 aromatic rings. The van der Waals surface area contributed by atoms with Gasteiger partial charge in [-0.1, -0.05) is 39.7 Å². The second-order valence-electron chi connectivity index (χ2n) is 4.02. The Morgan fingerprint density at radius 3 is 2.63 bits per heavy atom.